The lowest BCUT2D eigenvalue weighted by Gasteiger charge is -2.39. The van der Waals surface area contributed by atoms with E-state index in [4.69, 9.17) is 16.0 Å². The van der Waals surface area contributed by atoms with Gasteiger partial charge in [0.2, 0.25) is 0 Å². The highest BCUT2D eigenvalue weighted by Gasteiger charge is 2.29. The predicted octanol–water partition coefficient (Wildman–Crippen LogP) is 5.64. The number of piperazine rings is 1. The molecule has 4 heterocycles. The number of anilines is 1. The molecule has 0 bridgehead atoms. The van der Waals surface area contributed by atoms with Crippen molar-refractivity contribution in [3.8, 4) is 0 Å². The minimum absolute atomic E-state index is 0.113. The van der Waals surface area contributed by atoms with Crippen LogP contribution in [0.4, 0.5) is 5.82 Å². The van der Waals surface area contributed by atoms with Crippen LogP contribution in [0.25, 0.3) is 21.0 Å². The van der Waals surface area contributed by atoms with Gasteiger partial charge in [0, 0.05) is 66.6 Å². The first-order valence-electron chi connectivity index (χ1n) is 12.6. The fraction of sp³-hybridized carbons (Fsp3) is 0.407. The highest BCUT2D eigenvalue weighted by atomic mass is 35.5. The molecule has 0 radical (unpaired) electrons. The topological polar surface area (TPSA) is 55.5 Å². The van der Waals surface area contributed by atoms with Gasteiger partial charge < -0.3 is 14.8 Å². The van der Waals surface area contributed by atoms with Gasteiger partial charge in [-0.05, 0) is 73.6 Å². The molecule has 0 saturated carbocycles. The monoisotopic (exact) mass is 507 g/mol. The minimum Gasteiger partial charge on any atom is -0.353 e. The summed E-state index contributed by atoms with van der Waals surface area (Å²) in [5.41, 5.74) is 1.62. The molecule has 2 saturated heterocycles. The molecule has 1 atom stereocenters. The van der Waals surface area contributed by atoms with E-state index in [2.05, 4.69) is 43.9 Å². The van der Waals surface area contributed by atoms with E-state index in [1.54, 1.807) is 11.5 Å². The standard InChI is InChI=1S/C27H30ClN5OS/c28-20-8-9-23-19(17-20)18-24(29-23)27(34)33-11-4-3-5-21(33)10-12-31-13-15-32(16-14-31)26-22-6-1-2-7-25(22)35-30-26/h1-2,6-9,17-18,21,29H,3-5,10-16H2. The molecule has 0 spiro atoms. The molecule has 1 unspecified atom stereocenters. The van der Waals surface area contributed by atoms with Gasteiger partial charge >= 0.3 is 0 Å². The molecule has 2 aliphatic heterocycles. The average Bonchev–Trinajstić information content (AvgIpc) is 3.52. The number of carbonyl (C=O) groups is 1. The van der Waals surface area contributed by atoms with E-state index in [1.165, 1.54) is 16.5 Å². The van der Waals surface area contributed by atoms with Crippen molar-refractivity contribution in [2.75, 3.05) is 44.2 Å². The molecular formula is C27H30ClN5OS. The summed E-state index contributed by atoms with van der Waals surface area (Å²) in [6, 6.07) is 16.4. The van der Waals surface area contributed by atoms with Crippen molar-refractivity contribution >= 4 is 55.8 Å². The summed E-state index contributed by atoms with van der Waals surface area (Å²) in [5, 5.41) is 2.94. The Labute approximate surface area is 214 Å². The highest BCUT2D eigenvalue weighted by Crippen LogP contribution is 2.30. The molecule has 1 amide bonds. The lowest BCUT2D eigenvalue weighted by atomic mass is 9.98. The van der Waals surface area contributed by atoms with Crippen LogP contribution in [0, 0.1) is 0 Å². The Balaban J connectivity index is 1.07. The summed E-state index contributed by atoms with van der Waals surface area (Å²) in [7, 11) is 0. The largest absolute Gasteiger partial charge is 0.353 e. The van der Waals surface area contributed by atoms with Gasteiger partial charge in [0.15, 0.2) is 0 Å². The number of hydrogen-bond donors (Lipinski definition) is 1. The maximum Gasteiger partial charge on any atom is 0.270 e. The molecule has 4 aromatic rings. The van der Waals surface area contributed by atoms with Gasteiger partial charge in [-0.25, -0.2) is 0 Å². The van der Waals surface area contributed by atoms with Gasteiger partial charge in [-0.2, -0.15) is 4.37 Å². The van der Waals surface area contributed by atoms with Crippen LogP contribution in [0.5, 0.6) is 0 Å². The lowest BCUT2D eigenvalue weighted by molar-refractivity contribution is 0.0577. The fourth-order valence-corrected chi connectivity index (χ4v) is 6.53. The summed E-state index contributed by atoms with van der Waals surface area (Å²) in [4.78, 5) is 23.8. The molecule has 35 heavy (non-hydrogen) atoms. The molecule has 2 fully saturated rings. The van der Waals surface area contributed by atoms with E-state index < -0.39 is 0 Å². The molecule has 1 N–H and O–H groups in total. The van der Waals surface area contributed by atoms with E-state index in [1.807, 2.05) is 24.3 Å². The van der Waals surface area contributed by atoms with E-state index >= 15 is 0 Å². The summed E-state index contributed by atoms with van der Waals surface area (Å²) < 4.78 is 5.99. The van der Waals surface area contributed by atoms with Crippen molar-refractivity contribution < 1.29 is 4.79 Å². The third kappa shape index (κ3) is 4.65. The quantitative estimate of drug-likeness (QED) is 0.380. The van der Waals surface area contributed by atoms with Crippen molar-refractivity contribution in [2.45, 2.75) is 31.7 Å². The zero-order valence-electron chi connectivity index (χ0n) is 19.8. The van der Waals surface area contributed by atoms with E-state index in [0.29, 0.717) is 16.8 Å². The number of aromatic nitrogens is 2. The number of piperidine rings is 1. The summed E-state index contributed by atoms with van der Waals surface area (Å²) in [5.74, 6) is 1.25. The number of rotatable bonds is 5. The van der Waals surface area contributed by atoms with Crippen molar-refractivity contribution in [3.63, 3.8) is 0 Å². The zero-order chi connectivity index (χ0) is 23.8. The lowest BCUT2D eigenvalue weighted by Crippen LogP contribution is -2.49. The number of carbonyl (C=O) groups excluding carboxylic acids is 1. The van der Waals surface area contributed by atoms with Gasteiger partial charge in [-0.15, -0.1) is 0 Å². The minimum atomic E-state index is 0.113. The maximum atomic E-state index is 13.4. The van der Waals surface area contributed by atoms with Gasteiger partial charge in [0.05, 0.1) is 4.70 Å². The Morgan fingerprint density at radius 2 is 1.91 bits per heavy atom. The maximum absolute atomic E-state index is 13.4. The molecule has 0 aliphatic carbocycles. The Kier molecular flexibility index (Phi) is 6.39. The molecule has 2 aromatic heterocycles. The van der Waals surface area contributed by atoms with Gasteiger partial charge in [0.1, 0.15) is 11.5 Å². The van der Waals surface area contributed by atoms with Crippen LogP contribution in [0.3, 0.4) is 0 Å². The Morgan fingerprint density at radius 3 is 2.80 bits per heavy atom. The van der Waals surface area contributed by atoms with Crippen molar-refractivity contribution in [3.05, 3.63) is 59.2 Å². The molecular weight excluding hydrogens is 478 g/mol. The fourth-order valence-electron chi connectivity index (χ4n) is 5.56. The number of benzene rings is 2. The number of halogens is 1. The molecule has 2 aromatic carbocycles. The second-order valence-electron chi connectivity index (χ2n) is 9.68. The van der Waals surface area contributed by atoms with Crippen molar-refractivity contribution in [2.24, 2.45) is 0 Å². The number of hydrogen-bond acceptors (Lipinski definition) is 5. The predicted molar refractivity (Wildman–Crippen MR) is 145 cm³/mol. The van der Waals surface area contributed by atoms with Crippen LogP contribution < -0.4 is 4.90 Å². The number of H-pyrrole nitrogens is 1. The van der Waals surface area contributed by atoms with E-state index in [-0.39, 0.29) is 5.91 Å². The molecule has 6 nitrogen and oxygen atoms in total. The third-order valence-electron chi connectivity index (χ3n) is 7.51. The first-order valence-corrected chi connectivity index (χ1v) is 13.7. The van der Waals surface area contributed by atoms with Crippen LogP contribution in [0.1, 0.15) is 36.2 Å². The van der Waals surface area contributed by atoms with Crippen molar-refractivity contribution in [1.29, 1.82) is 0 Å². The summed E-state index contributed by atoms with van der Waals surface area (Å²) in [6.07, 6.45) is 4.38. The smallest absolute Gasteiger partial charge is 0.270 e. The number of likely N-dealkylation sites (tertiary alicyclic amines) is 1. The normalized spacial score (nSPS) is 19.6. The average molecular weight is 508 g/mol. The number of fused-ring (bicyclic) bond motifs is 2. The molecule has 2 aliphatic rings. The summed E-state index contributed by atoms with van der Waals surface area (Å²) >= 11 is 7.73. The second kappa shape index (κ2) is 9.80. The van der Waals surface area contributed by atoms with Crippen LogP contribution in [-0.4, -0.2) is 70.4 Å². The Morgan fingerprint density at radius 1 is 1.06 bits per heavy atom. The molecule has 8 heteroatoms. The van der Waals surface area contributed by atoms with Gasteiger partial charge in [-0.1, -0.05) is 23.7 Å². The van der Waals surface area contributed by atoms with Gasteiger partial charge in [-0.3, -0.25) is 9.69 Å². The molecule has 6 rings (SSSR count). The number of nitrogens with zero attached hydrogens (tertiary/aromatic N) is 4. The van der Waals surface area contributed by atoms with E-state index in [0.717, 1.165) is 75.3 Å². The van der Waals surface area contributed by atoms with Crippen molar-refractivity contribution in [1.82, 2.24) is 19.2 Å². The zero-order valence-corrected chi connectivity index (χ0v) is 21.3. The molecule has 182 valence electrons. The highest BCUT2D eigenvalue weighted by molar-refractivity contribution is 7.13. The SMILES string of the molecule is O=C(c1cc2cc(Cl)ccc2[nH]1)N1CCCCC1CCN1CCN(c2nsc3ccccc23)CC1. The van der Waals surface area contributed by atoms with Crippen LogP contribution in [0.15, 0.2) is 48.5 Å². The Bertz CT molecular complexity index is 1340. The first-order chi connectivity index (χ1) is 17.2. The number of nitrogens with one attached hydrogen (secondary N) is 1. The van der Waals surface area contributed by atoms with Crippen LogP contribution >= 0.6 is 23.1 Å². The van der Waals surface area contributed by atoms with Gasteiger partial charge in [0.25, 0.3) is 5.91 Å². The van der Waals surface area contributed by atoms with E-state index in [9.17, 15) is 4.79 Å². The first kappa shape index (κ1) is 22.8. The van der Waals surface area contributed by atoms with Crippen LogP contribution in [0.2, 0.25) is 5.02 Å². The van der Waals surface area contributed by atoms with Crippen LogP contribution in [-0.2, 0) is 0 Å². The Hall–Kier alpha value is -2.61. The number of amides is 1. The second-order valence-corrected chi connectivity index (χ2v) is 10.9. The summed E-state index contributed by atoms with van der Waals surface area (Å²) in [6.45, 7) is 5.94. The third-order valence-corrected chi connectivity index (χ3v) is 8.56. The number of aromatic amines is 1.